The first-order valence-electron chi connectivity index (χ1n) is 8.94. The summed E-state index contributed by atoms with van der Waals surface area (Å²) in [5, 5.41) is 12.4. The van der Waals surface area contributed by atoms with Crippen molar-refractivity contribution in [2.75, 3.05) is 11.1 Å². The number of benzene rings is 2. The minimum absolute atomic E-state index is 0.150. The maximum absolute atomic E-state index is 13.2. The van der Waals surface area contributed by atoms with Crippen molar-refractivity contribution in [2.24, 2.45) is 7.05 Å². The average molecular weight is 469 g/mol. The highest BCUT2D eigenvalue weighted by atomic mass is 35.5. The zero-order chi connectivity index (χ0) is 21.8. The summed E-state index contributed by atoms with van der Waals surface area (Å²) in [5.41, 5.74) is 1.59. The van der Waals surface area contributed by atoms with Gasteiger partial charge in [0.1, 0.15) is 11.6 Å². The van der Waals surface area contributed by atoms with Gasteiger partial charge in [0.05, 0.1) is 10.8 Å². The maximum Gasteiger partial charge on any atom is 0.234 e. The third-order valence-electron chi connectivity index (χ3n) is 4.24. The number of carbonyl (C=O) groups is 1. The SMILES string of the molecule is Cc1ccc(Cl)cc1NC(=O)CSc1nnc(C(C)Oc2ccc(F)cc2Cl)n1C. The lowest BCUT2D eigenvalue weighted by molar-refractivity contribution is -0.113. The zero-order valence-electron chi connectivity index (χ0n) is 16.4. The number of aromatic nitrogens is 3. The predicted octanol–water partition coefficient (Wildman–Crippen LogP) is 5.44. The number of aryl methyl sites for hydroxylation is 1. The van der Waals surface area contributed by atoms with Crippen molar-refractivity contribution >= 4 is 46.6 Å². The quantitative estimate of drug-likeness (QED) is 0.467. The van der Waals surface area contributed by atoms with E-state index in [9.17, 15) is 9.18 Å². The third kappa shape index (κ3) is 5.44. The normalized spacial score (nSPS) is 11.9. The Morgan fingerprint density at radius 2 is 2.03 bits per heavy atom. The summed E-state index contributed by atoms with van der Waals surface area (Å²) in [6.45, 7) is 3.68. The van der Waals surface area contributed by atoms with Gasteiger partial charge >= 0.3 is 0 Å². The summed E-state index contributed by atoms with van der Waals surface area (Å²) in [5.74, 6) is 0.417. The van der Waals surface area contributed by atoms with E-state index >= 15 is 0 Å². The van der Waals surface area contributed by atoms with Crippen LogP contribution >= 0.6 is 35.0 Å². The molecule has 6 nitrogen and oxygen atoms in total. The molecule has 1 aromatic heterocycles. The van der Waals surface area contributed by atoms with Gasteiger partial charge in [-0.1, -0.05) is 41.0 Å². The maximum atomic E-state index is 13.2. The molecule has 0 fully saturated rings. The van der Waals surface area contributed by atoms with Crippen molar-refractivity contribution in [1.82, 2.24) is 14.8 Å². The second-order valence-electron chi connectivity index (χ2n) is 6.53. The molecular formula is C20H19Cl2FN4O2S. The fourth-order valence-electron chi connectivity index (χ4n) is 2.67. The number of anilines is 1. The van der Waals surface area contributed by atoms with E-state index in [1.165, 1.54) is 30.0 Å². The van der Waals surface area contributed by atoms with Gasteiger partial charge in [0, 0.05) is 17.8 Å². The Morgan fingerprint density at radius 1 is 1.27 bits per heavy atom. The molecular weight excluding hydrogens is 450 g/mol. The van der Waals surface area contributed by atoms with Crippen molar-refractivity contribution in [3.05, 3.63) is 63.6 Å². The fourth-order valence-corrected chi connectivity index (χ4v) is 3.77. The topological polar surface area (TPSA) is 69.0 Å². The summed E-state index contributed by atoms with van der Waals surface area (Å²) in [7, 11) is 1.78. The van der Waals surface area contributed by atoms with Crippen LogP contribution in [0.2, 0.25) is 10.0 Å². The van der Waals surface area contributed by atoms with Gasteiger partial charge in [-0.25, -0.2) is 4.39 Å². The van der Waals surface area contributed by atoms with Gasteiger partial charge in [-0.2, -0.15) is 0 Å². The summed E-state index contributed by atoms with van der Waals surface area (Å²) in [6.07, 6.45) is -0.484. The Bertz CT molecular complexity index is 1080. The molecule has 158 valence electrons. The van der Waals surface area contributed by atoms with Crippen LogP contribution in [0.4, 0.5) is 10.1 Å². The number of thioether (sulfide) groups is 1. The number of carbonyl (C=O) groups excluding carboxylic acids is 1. The molecule has 1 amide bonds. The Morgan fingerprint density at radius 3 is 2.77 bits per heavy atom. The number of rotatable bonds is 7. The first-order valence-corrected chi connectivity index (χ1v) is 10.7. The highest BCUT2D eigenvalue weighted by molar-refractivity contribution is 7.99. The van der Waals surface area contributed by atoms with E-state index < -0.39 is 11.9 Å². The zero-order valence-corrected chi connectivity index (χ0v) is 18.8. The largest absolute Gasteiger partial charge is 0.481 e. The van der Waals surface area contributed by atoms with Gasteiger partial charge in [-0.05, 0) is 49.7 Å². The summed E-state index contributed by atoms with van der Waals surface area (Å²) in [6, 6.07) is 9.23. The highest BCUT2D eigenvalue weighted by Crippen LogP contribution is 2.30. The number of halogens is 3. The molecule has 3 aromatic rings. The number of amides is 1. The van der Waals surface area contributed by atoms with Gasteiger partial charge in [-0.3, -0.25) is 4.79 Å². The van der Waals surface area contributed by atoms with Crippen LogP contribution in [0.1, 0.15) is 24.4 Å². The lowest BCUT2D eigenvalue weighted by Gasteiger charge is -2.15. The molecule has 30 heavy (non-hydrogen) atoms. The van der Waals surface area contributed by atoms with E-state index in [1.807, 2.05) is 13.0 Å². The molecule has 0 aliphatic heterocycles. The van der Waals surface area contributed by atoms with Crippen LogP contribution in [0.15, 0.2) is 41.6 Å². The van der Waals surface area contributed by atoms with Crippen molar-refractivity contribution in [3.63, 3.8) is 0 Å². The lowest BCUT2D eigenvalue weighted by atomic mass is 10.2. The summed E-state index contributed by atoms with van der Waals surface area (Å²) in [4.78, 5) is 12.3. The first-order chi connectivity index (χ1) is 14.2. The standard InChI is InChI=1S/C20H19Cl2FN4O2S/c1-11-4-5-13(21)8-16(11)24-18(28)10-30-20-26-25-19(27(20)3)12(2)29-17-7-6-14(23)9-15(17)22/h4-9,12H,10H2,1-3H3,(H,24,28). The molecule has 0 bridgehead atoms. The number of nitrogens with zero attached hydrogens (tertiary/aromatic N) is 3. The van der Waals surface area contributed by atoms with E-state index in [4.69, 9.17) is 27.9 Å². The van der Waals surface area contributed by atoms with Crippen LogP contribution in [0.5, 0.6) is 5.75 Å². The molecule has 0 saturated heterocycles. The molecule has 0 saturated carbocycles. The van der Waals surface area contributed by atoms with Gasteiger partial charge in [-0.15, -0.1) is 10.2 Å². The average Bonchev–Trinajstić information content (AvgIpc) is 3.06. The van der Waals surface area contributed by atoms with Gasteiger partial charge in [0.2, 0.25) is 5.91 Å². The van der Waals surface area contributed by atoms with E-state index in [1.54, 1.807) is 30.7 Å². The molecule has 0 spiro atoms. The number of nitrogens with one attached hydrogen (secondary N) is 1. The molecule has 10 heteroatoms. The Kier molecular flexibility index (Phi) is 7.23. The minimum atomic E-state index is -0.484. The van der Waals surface area contributed by atoms with Crippen LogP contribution in [0.3, 0.4) is 0 Å². The molecule has 1 N–H and O–H groups in total. The fraction of sp³-hybridized carbons (Fsp3) is 0.250. The van der Waals surface area contributed by atoms with Crippen LogP contribution in [-0.2, 0) is 11.8 Å². The van der Waals surface area contributed by atoms with Crippen molar-refractivity contribution in [1.29, 1.82) is 0 Å². The monoisotopic (exact) mass is 468 g/mol. The molecule has 2 aromatic carbocycles. The van der Waals surface area contributed by atoms with E-state index in [0.29, 0.717) is 27.4 Å². The second-order valence-corrected chi connectivity index (χ2v) is 8.32. The lowest BCUT2D eigenvalue weighted by Crippen LogP contribution is -2.15. The molecule has 1 atom stereocenters. The smallest absolute Gasteiger partial charge is 0.234 e. The van der Waals surface area contributed by atoms with Crippen molar-refractivity contribution in [3.8, 4) is 5.75 Å². The number of hydrogen-bond donors (Lipinski definition) is 1. The molecule has 1 heterocycles. The highest BCUT2D eigenvalue weighted by Gasteiger charge is 2.19. The molecule has 0 aliphatic carbocycles. The van der Waals surface area contributed by atoms with E-state index in [2.05, 4.69) is 15.5 Å². The third-order valence-corrected chi connectivity index (χ3v) is 5.79. The molecule has 0 radical (unpaired) electrons. The predicted molar refractivity (Wildman–Crippen MR) is 117 cm³/mol. The number of ether oxygens (including phenoxy) is 1. The van der Waals surface area contributed by atoms with Crippen molar-refractivity contribution < 1.29 is 13.9 Å². The molecule has 3 rings (SSSR count). The second kappa shape index (κ2) is 9.68. The first kappa shape index (κ1) is 22.4. The van der Waals surface area contributed by atoms with Crippen LogP contribution in [0.25, 0.3) is 0 Å². The number of hydrogen-bond acceptors (Lipinski definition) is 5. The van der Waals surface area contributed by atoms with Gasteiger partial charge < -0.3 is 14.6 Å². The van der Waals surface area contributed by atoms with E-state index in [0.717, 1.165) is 5.56 Å². The Hall–Kier alpha value is -2.29. The van der Waals surface area contributed by atoms with Crippen LogP contribution in [-0.4, -0.2) is 26.4 Å². The van der Waals surface area contributed by atoms with Crippen molar-refractivity contribution in [2.45, 2.75) is 25.1 Å². The molecule has 0 aliphatic rings. The van der Waals surface area contributed by atoms with E-state index in [-0.39, 0.29) is 16.7 Å². The Balaban J connectivity index is 1.62. The summed E-state index contributed by atoms with van der Waals surface area (Å²) < 4.78 is 20.7. The minimum Gasteiger partial charge on any atom is -0.481 e. The summed E-state index contributed by atoms with van der Waals surface area (Å²) >= 11 is 13.2. The van der Waals surface area contributed by atoms with Crippen LogP contribution in [0, 0.1) is 12.7 Å². The Labute approximate surface area is 187 Å². The molecule has 1 unspecified atom stereocenters. The van der Waals surface area contributed by atoms with Gasteiger partial charge in [0.25, 0.3) is 0 Å². The van der Waals surface area contributed by atoms with Gasteiger partial charge in [0.15, 0.2) is 17.1 Å². The van der Waals surface area contributed by atoms with Crippen LogP contribution < -0.4 is 10.1 Å².